The van der Waals surface area contributed by atoms with E-state index >= 15 is 0 Å². The number of aryl methyl sites for hydroxylation is 2. The first-order valence-corrected chi connectivity index (χ1v) is 15.3. The van der Waals surface area contributed by atoms with Crippen molar-refractivity contribution in [3.8, 4) is 5.75 Å². The summed E-state index contributed by atoms with van der Waals surface area (Å²) in [6, 6.07) is 17.6. The van der Waals surface area contributed by atoms with Crippen LogP contribution in [0.3, 0.4) is 0 Å². The van der Waals surface area contributed by atoms with Gasteiger partial charge < -0.3 is 15.0 Å². The number of sulfonamides is 1. The van der Waals surface area contributed by atoms with Crippen LogP contribution in [0.4, 0.5) is 5.69 Å². The lowest BCUT2D eigenvalue weighted by molar-refractivity contribution is -0.139. The van der Waals surface area contributed by atoms with Crippen molar-refractivity contribution in [2.45, 2.75) is 64.6 Å². The molecule has 2 atom stereocenters. The third-order valence-electron chi connectivity index (χ3n) is 6.94. The van der Waals surface area contributed by atoms with Crippen LogP contribution in [-0.4, -0.2) is 50.9 Å². The minimum absolute atomic E-state index is 0.00516. The van der Waals surface area contributed by atoms with Crippen LogP contribution in [0.2, 0.25) is 5.02 Å². The summed E-state index contributed by atoms with van der Waals surface area (Å²) in [5.41, 5.74) is 2.86. The minimum atomic E-state index is -4.25. The monoisotopic (exact) mass is 599 g/mol. The Labute approximate surface area is 248 Å². The number of amides is 2. The Morgan fingerprint density at radius 1 is 0.951 bits per heavy atom. The van der Waals surface area contributed by atoms with Crippen LogP contribution in [0.15, 0.2) is 71.6 Å². The van der Waals surface area contributed by atoms with Crippen molar-refractivity contribution in [1.82, 2.24) is 10.2 Å². The van der Waals surface area contributed by atoms with Gasteiger partial charge in [-0.3, -0.25) is 13.9 Å². The van der Waals surface area contributed by atoms with Crippen molar-refractivity contribution < 1.29 is 22.7 Å². The number of nitrogens with zero attached hydrogens (tertiary/aromatic N) is 2. The first kappa shape index (κ1) is 32.0. The number of hydrogen-bond donors (Lipinski definition) is 1. The smallest absolute Gasteiger partial charge is 0.264 e. The van der Waals surface area contributed by atoms with E-state index in [0.29, 0.717) is 0 Å². The lowest BCUT2D eigenvalue weighted by Crippen LogP contribution is -2.52. The fourth-order valence-electron chi connectivity index (χ4n) is 4.15. The third-order valence-corrected chi connectivity index (χ3v) is 8.95. The van der Waals surface area contributed by atoms with Gasteiger partial charge >= 0.3 is 0 Å². The average molecular weight is 600 g/mol. The molecule has 0 aliphatic heterocycles. The molecule has 0 saturated heterocycles. The van der Waals surface area contributed by atoms with Crippen LogP contribution < -0.4 is 14.4 Å². The van der Waals surface area contributed by atoms with Gasteiger partial charge in [0.25, 0.3) is 10.0 Å². The molecule has 3 aromatic rings. The largest absolute Gasteiger partial charge is 0.495 e. The van der Waals surface area contributed by atoms with Gasteiger partial charge in [0.15, 0.2) is 0 Å². The molecule has 0 fully saturated rings. The van der Waals surface area contributed by atoms with Gasteiger partial charge in [-0.05, 0) is 70.0 Å². The van der Waals surface area contributed by atoms with Crippen LogP contribution in [0.1, 0.15) is 43.9 Å². The molecule has 3 rings (SSSR count). The van der Waals surface area contributed by atoms with Gasteiger partial charge in [0.05, 0.1) is 17.7 Å². The molecule has 0 aliphatic rings. The van der Waals surface area contributed by atoms with E-state index in [1.165, 1.54) is 30.2 Å². The number of nitrogens with one attached hydrogen (secondary N) is 1. The number of halogens is 1. The van der Waals surface area contributed by atoms with Crippen LogP contribution in [0.25, 0.3) is 0 Å². The molecule has 0 radical (unpaired) electrons. The van der Waals surface area contributed by atoms with Crippen molar-refractivity contribution in [1.29, 1.82) is 0 Å². The quantitative estimate of drug-likeness (QED) is 0.297. The van der Waals surface area contributed by atoms with Crippen molar-refractivity contribution in [2.75, 3.05) is 18.0 Å². The molecular weight excluding hydrogens is 562 g/mol. The van der Waals surface area contributed by atoms with Gasteiger partial charge in [-0.1, -0.05) is 66.0 Å². The first-order chi connectivity index (χ1) is 19.4. The predicted octanol–water partition coefficient (Wildman–Crippen LogP) is 5.49. The van der Waals surface area contributed by atoms with Gasteiger partial charge in [0, 0.05) is 17.6 Å². The average Bonchev–Trinajstić information content (AvgIpc) is 2.95. The number of anilines is 1. The molecule has 0 bridgehead atoms. The number of hydrogen-bond acceptors (Lipinski definition) is 5. The van der Waals surface area contributed by atoms with Crippen molar-refractivity contribution in [3.63, 3.8) is 0 Å². The van der Waals surface area contributed by atoms with Gasteiger partial charge in [-0.25, -0.2) is 8.42 Å². The van der Waals surface area contributed by atoms with Crippen LogP contribution >= 0.6 is 11.6 Å². The number of rotatable bonds is 12. The zero-order valence-electron chi connectivity index (χ0n) is 24.3. The lowest BCUT2D eigenvalue weighted by Gasteiger charge is -2.33. The highest BCUT2D eigenvalue weighted by Crippen LogP contribution is 2.35. The van der Waals surface area contributed by atoms with Crippen molar-refractivity contribution in [2.24, 2.45) is 0 Å². The Morgan fingerprint density at radius 2 is 1.54 bits per heavy atom. The highest BCUT2D eigenvalue weighted by Gasteiger charge is 2.34. The molecule has 220 valence electrons. The number of carbonyl (C=O) groups is 2. The first-order valence-electron chi connectivity index (χ1n) is 13.5. The summed E-state index contributed by atoms with van der Waals surface area (Å²) >= 11 is 6.28. The Balaban J connectivity index is 2.09. The molecule has 0 saturated carbocycles. The Morgan fingerprint density at radius 3 is 2.10 bits per heavy atom. The molecule has 2 amide bonds. The molecular formula is C31H38ClN3O5S. The predicted molar refractivity (Wildman–Crippen MR) is 163 cm³/mol. The summed E-state index contributed by atoms with van der Waals surface area (Å²) in [6.45, 7) is 8.82. The van der Waals surface area contributed by atoms with Gasteiger partial charge in [0.2, 0.25) is 11.8 Å². The number of carbonyl (C=O) groups excluding carboxylic acids is 2. The topological polar surface area (TPSA) is 96.0 Å². The highest BCUT2D eigenvalue weighted by atomic mass is 35.5. The third kappa shape index (κ3) is 8.01. The second kappa shape index (κ2) is 13.9. The zero-order valence-corrected chi connectivity index (χ0v) is 25.9. The summed E-state index contributed by atoms with van der Waals surface area (Å²) in [7, 11) is -2.84. The fourth-order valence-corrected chi connectivity index (χ4v) is 5.73. The van der Waals surface area contributed by atoms with Crippen molar-refractivity contribution >= 4 is 39.1 Å². The maximum Gasteiger partial charge on any atom is 0.264 e. The van der Waals surface area contributed by atoms with E-state index in [1.807, 2.05) is 52.0 Å². The number of benzene rings is 3. The number of methoxy groups -OCH3 is 1. The molecule has 41 heavy (non-hydrogen) atoms. The van der Waals surface area contributed by atoms with E-state index in [1.54, 1.807) is 31.2 Å². The van der Waals surface area contributed by atoms with Gasteiger partial charge in [-0.2, -0.15) is 0 Å². The molecule has 0 heterocycles. The Kier molecular flexibility index (Phi) is 10.8. The molecule has 0 spiro atoms. The highest BCUT2D eigenvalue weighted by molar-refractivity contribution is 7.92. The Hall–Kier alpha value is -3.56. The standard InChI is InChI=1S/C31H38ClN3O5S/c1-7-23(4)33-31(37)24(5)34(19-25-12-8-21(2)9-13-25)30(36)20-35(28-18-26(32)14-17-29(28)40-6)41(38,39)27-15-10-22(3)11-16-27/h8-18,23-24H,7,19-20H2,1-6H3,(H,33,37)/t23-,24-/m0/s1. The maximum atomic E-state index is 14.1. The summed E-state index contributed by atoms with van der Waals surface area (Å²) < 4.78 is 34.5. The van der Waals surface area contributed by atoms with E-state index in [-0.39, 0.29) is 39.8 Å². The molecule has 0 aromatic heterocycles. The summed E-state index contributed by atoms with van der Waals surface area (Å²) in [5, 5.41) is 3.20. The second-order valence-electron chi connectivity index (χ2n) is 10.1. The maximum absolute atomic E-state index is 14.1. The molecule has 8 nitrogen and oxygen atoms in total. The van der Waals surface area contributed by atoms with Crippen LogP contribution in [0.5, 0.6) is 5.75 Å². The SMILES string of the molecule is CC[C@H](C)NC(=O)[C@H](C)N(Cc1ccc(C)cc1)C(=O)CN(c1cc(Cl)ccc1OC)S(=O)(=O)c1ccc(C)cc1. The van der Waals surface area contributed by atoms with E-state index < -0.39 is 28.5 Å². The summed E-state index contributed by atoms with van der Waals surface area (Å²) in [4.78, 5) is 28.7. The molecule has 1 N–H and O–H groups in total. The van der Waals surface area contributed by atoms with Gasteiger partial charge in [-0.15, -0.1) is 0 Å². The Bertz CT molecular complexity index is 1460. The van der Waals surface area contributed by atoms with Crippen LogP contribution in [0, 0.1) is 13.8 Å². The zero-order chi connectivity index (χ0) is 30.3. The number of ether oxygens (including phenoxy) is 1. The lowest BCUT2D eigenvalue weighted by atomic mass is 10.1. The van der Waals surface area contributed by atoms with Crippen molar-refractivity contribution in [3.05, 3.63) is 88.4 Å². The normalized spacial score (nSPS) is 12.8. The van der Waals surface area contributed by atoms with Gasteiger partial charge in [0.1, 0.15) is 18.3 Å². The minimum Gasteiger partial charge on any atom is -0.495 e. The molecule has 3 aromatic carbocycles. The second-order valence-corrected chi connectivity index (χ2v) is 12.4. The molecule has 10 heteroatoms. The fraction of sp³-hybridized carbons (Fsp3) is 0.355. The molecule has 0 unspecified atom stereocenters. The summed E-state index contributed by atoms with van der Waals surface area (Å²) in [5.74, 6) is -0.659. The van der Waals surface area contributed by atoms with E-state index in [2.05, 4.69) is 5.32 Å². The summed E-state index contributed by atoms with van der Waals surface area (Å²) in [6.07, 6.45) is 0.724. The van der Waals surface area contributed by atoms with E-state index in [0.717, 1.165) is 27.4 Å². The molecule has 0 aliphatic carbocycles. The van der Waals surface area contributed by atoms with Crippen LogP contribution in [-0.2, 0) is 26.2 Å². The van der Waals surface area contributed by atoms with E-state index in [9.17, 15) is 18.0 Å². The van der Waals surface area contributed by atoms with E-state index in [4.69, 9.17) is 16.3 Å².